The Balaban J connectivity index is 0.00000176. The number of benzene rings is 2. The van der Waals surface area contributed by atoms with Crippen LogP contribution in [0.4, 0.5) is 0 Å². The second-order valence-corrected chi connectivity index (χ2v) is 6.53. The molecule has 2 aromatic rings. The van der Waals surface area contributed by atoms with Gasteiger partial charge in [0.1, 0.15) is 11.5 Å². The van der Waals surface area contributed by atoms with E-state index in [1.165, 1.54) is 0 Å². The van der Waals surface area contributed by atoms with Gasteiger partial charge in [-0.2, -0.15) is 0 Å². The molecule has 0 saturated carbocycles. The number of rotatable bonds is 5. The molecule has 0 fully saturated rings. The van der Waals surface area contributed by atoms with Gasteiger partial charge in [0.25, 0.3) is 0 Å². The maximum absolute atomic E-state index is 13.2. The van der Waals surface area contributed by atoms with Crippen molar-refractivity contribution in [3.63, 3.8) is 0 Å². The first kappa shape index (κ1) is 16.6. The number of allylic oxidation sites excluding steroid dienone is 4. The van der Waals surface area contributed by atoms with E-state index in [9.17, 15) is 4.57 Å². The fourth-order valence-electron chi connectivity index (χ4n) is 2.02. The van der Waals surface area contributed by atoms with E-state index in [1.807, 2.05) is 48.6 Å². The minimum absolute atomic E-state index is 0. The van der Waals surface area contributed by atoms with Crippen molar-refractivity contribution in [3.8, 4) is 11.5 Å². The van der Waals surface area contributed by atoms with Crippen molar-refractivity contribution in [2.75, 3.05) is 0 Å². The van der Waals surface area contributed by atoms with Crippen molar-refractivity contribution < 1.29 is 30.7 Å². The number of hydrogen-bond donors (Lipinski definition) is 0. The predicted octanol–water partition coefficient (Wildman–Crippen LogP) is 5.18. The number of para-hydroxylation sites is 2. The average molecular weight is 354 g/mol. The maximum atomic E-state index is 13.2. The van der Waals surface area contributed by atoms with Gasteiger partial charge in [-0.3, -0.25) is 0 Å². The van der Waals surface area contributed by atoms with Gasteiger partial charge in [0.2, 0.25) is 0 Å². The monoisotopic (exact) mass is 354 g/mol. The van der Waals surface area contributed by atoms with Gasteiger partial charge in [0.05, 0.1) is 5.31 Å². The van der Waals surface area contributed by atoms with Gasteiger partial charge < -0.3 is 9.05 Å². The van der Waals surface area contributed by atoms with Crippen molar-refractivity contribution >= 4 is 7.60 Å². The second-order valence-electron chi connectivity index (χ2n) is 4.60. The van der Waals surface area contributed by atoms with Crippen LogP contribution in [0.5, 0.6) is 11.5 Å². The maximum Gasteiger partial charge on any atom is 0.459 e. The van der Waals surface area contributed by atoms with Gasteiger partial charge in [-0.1, -0.05) is 48.6 Å². The molecule has 2 aromatic carbocycles. The van der Waals surface area contributed by atoms with Crippen molar-refractivity contribution in [2.24, 2.45) is 0 Å². The van der Waals surface area contributed by atoms with Gasteiger partial charge in [-0.15, -0.1) is 0 Å². The van der Waals surface area contributed by atoms with Crippen LogP contribution in [0.25, 0.3) is 0 Å². The van der Waals surface area contributed by atoms with E-state index in [-0.39, 0.29) is 17.1 Å². The molecule has 114 valence electrons. The van der Waals surface area contributed by atoms with Gasteiger partial charge in [-0.05, 0) is 30.3 Å². The van der Waals surface area contributed by atoms with E-state index in [2.05, 4.69) is 0 Å². The summed E-state index contributed by atoms with van der Waals surface area (Å²) in [5, 5.41) is 0.662. The summed E-state index contributed by atoms with van der Waals surface area (Å²) >= 11 is 0. The molecule has 0 atom stereocenters. The van der Waals surface area contributed by atoms with E-state index >= 15 is 0 Å². The smallest absolute Gasteiger partial charge is 0.413 e. The molecule has 0 N–H and O–H groups in total. The first-order chi connectivity index (χ1) is 10.3. The fourth-order valence-corrected chi connectivity index (χ4v) is 3.68. The first-order valence-corrected chi connectivity index (χ1v) is 8.26. The van der Waals surface area contributed by atoms with E-state index in [4.69, 9.17) is 9.05 Å². The Kier molecular flexibility index (Phi) is 5.68. The molecule has 3 nitrogen and oxygen atoms in total. The third-order valence-electron chi connectivity index (χ3n) is 3.04. The largest absolute Gasteiger partial charge is 0.459 e. The van der Waals surface area contributed by atoms with Crippen LogP contribution in [0, 0.1) is 0 Å². The fraction of sp³-hybridized carbons (Fsp3) is 0.0588. The molecule has 1 aliphatic carbocycles. The zero-order valence-electron chi connectivity index (χ0n) is 11.7. The molecule has 0 aliphatic heterocycles. The molecule has 22 heavy (non-hydrogen) atoms. The average Bonchev–Trinajstić information content (AvgIpc) is 3.04. The van der Waals surface area contributed by atoms with E-state index in [0.29, 0.717) is 23.2 Å². The zero-order valence-corrected chi connectivity index (χ0v) is 13.7. The zero-order chi connectivity index (χ0) is 14.5. The van der Waals surface area contributed by atoms with E-state index in [0.717, 1.165) is 0 Å². The standard InChI is InChI=1S/C17H15O3P.Fe/c18-21(17-13-7-8-14-17,19-15-9-3-1-4-10-15)20-16-11-5-2-6-12-16;/h1-13H,14H2;. The summed E-state index contributed by atoms with van der Waals surface area (Å²) in [4.78, 5) is 0. The van der Waals surface area contributed by atoms with Crippen LogP contribution < -0.4 is 9.05 Å². The molecule has 0 heterocycles. The summed E-state index contributed by atoms with van der Waals surface area (Å²) in [5.41, 5.74) is 0. The molecular weight excluding hydrogens is 339 g/mol. The third kappa shape index (κ3) is 3.92. The van der Waals surface area contributed by atoms with Crippen molar-refractivity contribution in [2.45, 2.75) is 6.42 Å². The van der Waals surface area contributed by atoms with Gasteiger partial charge in [0.15, 0.2) is 0 Å². The molecule has 0 aromatic heterocycles. The molecule has 0 unspecified atom stereocenters. The minimum Gasteiger partial charge on any atom is -0.413 e. The Bertz CT molecular complexity index is 666. The summed E-state index contributed by atoms with van der Waals surface area (Å²) in [6.07, 6.45) is 6.18. The van der Waals surface area contributed by atoms with Crippen molar-refractivity contribution in [1.29, 1.82) is 0 Å². The van der Waals surface area contributed by atoms with Crippen LogP contribution in [0.1, 0.15) is 6.42 Å². The summed E-state index contributed by atoms with van der Waals surface area (Å²) < 4.78 is 24.6. The van der Waals surface area contributed by atoms with Crippen LogP contribution in [0.3, 0.4) is 0 Å². The third-order valence-corrected chi connectivity index (χ3v) is 4.98. The summed E-state index contributed by atoms with van der Waals surface area (Å²) in [6, 6.07) is 18.2. The molecule has 0 bridgehead atoms. The molecule has 5 heteroatoms. The van der Waals surface area contributed by atoms with Crippen molar-refractivity contribution in [1.82, 2.24) is 0 Å². The minimum atomic E-state index is -3.41. The Morgan fingerprint density at radius 3 is 1.73 bits per heavy atom. The summed E-state index contributed by atoms with van der Waals surface area (Å²) in [7, 11) is -3.41. The van der Waals surface area contributed by atoms with E-state index < -0.39 is 7.60 Å². The van der Waals surface area contributed by atoms with Gasteiger partial charge >= 0.3 is 7.60 Å². The predicted molar refractivity (Wildman–Crippen MR) is 83.6 cm³/mol. The van der Waals surface area contributed by atoms with Crippen LogP contribution in [-0.2, 0) is 21.6 Å². The SMILES string of the molecule is O=P(Oc1ccccc1)(Oc1ccccc1)C1=CC=CC1.[Fe]. The van der Waals surface area contributed by atoms with Crippen LogP contribution in [0.15, 0.2) is 84.2 Å². The number of hydrogen-bond acceptors (Lipinski definition) is 3. The Morgan fingerprint density at radius 2 is 1.32 bits per heavy atom. The van der Waals surface area contributed by atoms with Crippen LogP contribution >= 0.6 is 7.60 Å². The quantitative estimate of drug-likeness (QED) is 0.548. The Morgan fingerprint density at radius 1 is 0.818 bits per heavy atom. The van der Waals surface area contributed by atoms with Gasteiger partial charge in [-0.25, -0.2) is 4.57 Å². The Labute approximate surface area is 140 Å². The normalized spacial score (nSPS) is 13.2. The van der Waals surface area contributed by atoms with Crippen molar-refractivity contribution in [3.05, 3.63) is 84.2 Å². The van der Waals surface area contributed by atoms with Crippen LogP contribution in [-0.4, -0.2) is 0 Å². The summed E-state index contributed by atoms with van der Waals surface area (Å²) in [6.45, 7) is 0. The molecule has 0 amide bonds. The molecule has 1 aliphatic rings. The Hall–Kier alpha value is -1.73. The summed E-state index contributed by atoms with van der Waals surface area (Å²) in [5.74, 6) is 1.06. The van der Waals surface area contributed by atoms with Gasteiger partial charge in [0, 0.05) is 23.5 Å². The topological polar surface area (TPSA) is 35.5 Å². The molecule has 0 spiro atoms. The molecular formula is C17H15FeO3P. The first-order valence-electron chi connectivity index (χ1n) is 6.72. The second kappa shape index (κ2) is 7.51. The van der Waals surface area contributed by atoms with Crippen LogP contribution in [0.2, 0.25) is 0 Å². The molecule has 3 rings (SSSR count). The van der Waals surface area contributed by atoms with E-state index in [1.54, 1.807) is 30.3 Å². The molecule has 0 radical (unpaired) electrons. The molecule has 0 saturated heterocycles.